The van der Waals surface area contributed by atoms with E-state index in [1.165, 1.54) is 12.1 Å². The van der Waals surface area contributed by atoms with Crippen molar-refractivity contribution in [1.29, 1.82) is 0 Å². The maximum Gasteiger partial charge on any atom is 0.223 e. The molecule has 1 atom stereocenters. The van der Waals surface area contributed by atoms with Crippen LogP contribution in [0, 0.1) is 11.6 Å². The van der Waals surface area contributed by atoms with Crippen LogP contribution in [0.25, 0.3) is 0 Å². The summed E-state index contributed by atoms with van der Waals surface area (Å²) in [5.41, 5.74) is 1.61. The molecule has 2 rings (SSSR count). The minimum absolute atomic E-state index is 0.0973. The van der Waals surface area contributed by atoms with E-state index in [9.17, 15) is 18.4 Å². The van der Waals surface area contributed by atoms with Gasteiger partial charge in [-0.1, -0.05) is 6.08 Å². The number of amides is 1. The summed E-state index contributed by atoms with van der Waals surface area (Å²) in [7, 11) is 0. The first kappa shape index (κ1) is 22.5. The van der Waals surface area contributed by atoms with E-state index in [-0.39, 0.29) is 30.6 Å². The monoisotopic (exact) mass is 403 g/mol. The van der Waals surface area contributed by atoms with E-state index >= 15 is 0 Å². The Balaban J connectivity index is 1.93. The van der Waals surface area contributed by atoms with E-state index in [0.717, 1.165) is 6.07 Å². The number of benzene rings is 1. The second kappa shape index (κ2) is 10.1. The molecule has 29 heavy (non-hydrogen) atoms. The molecule has 0 aliphatic carbocycles. The fraction of sp³-hybridized carbons (Fsp3) is 0.409. The van der Waals surface area contributed by atoms with Crippen LogP contribution in [-0.2, 0) is 9.59 Å². The number of anilines is 1. The Bertz CT molecular complexity index is 828. The van der Waals surface area contributed by atoms with Crippen LogP contribution in [0.5, 0.6) is 0 Å². The molecular formula is C22H27F2N3O2. The van der Waals surface area contributed by atoms with Crippen molar-refractivity contribution >= 4 is 24.1 Å². The third-order valence-corrected chi connectivity index (χ3v) is 4.97. The van der Waals surface area contributed by atoms with Gasteiger partial charge in [-0.3, -0.25) is 14.6 Å². The van der Waals surface area contributed by atoms with Crippen molar-refractivity contribution in [3.05, 3.63) is 53.3 Å². The Morgan fingerprint density at radius 3 is 2.41 bits per heavy atom. The molecule has 0 N–H and O–H groups in total. The lowest BCUT2D eigenvalue weighted by Gasteiger charge is -2.41. The van der Waals surface area contributed by atoms with Crippen molar-refractivity contribution < 1.29 is 18.4 Å². The van der Waals surface area contributed by atoms with Gasteiger partial charge in [0.2, 0.25) is 5.91 Å². The van der Waals surface area contributed by atoms with Gasteiger partial charge in [0.05, 0.1) is 0 Å². The van der Waals surface area contributed by atoms with Crippen LogP contribution < -0.4 is 4.90 Å². The van der Waals surface area contributed by atoms with Gasteiger partial charge in [0, 0.05) is 61.5 Å². The van der Waals surface area contributed by atoms with Gasteiger partial charge in [-0.05, 0) is 45.7 Å². The summed E-state index contributed by atoms with van der Waals surface area (Å²) in [6.07, 6.45) is 3.58. The van der Waals surface area contributed by atoms with Gasteiger partial charge < -0.3 is 9.80 Å². The first-order chi connectivity index (χ1) is 13.7. The molecule has 0 unspecified atom stereocenters. The van der Waals surface area contributed by atoms with E-state index < -0.39 is 11.6 Å². The number of hydrogen-bond acceptors (Lipinski definition) is 4. The molecule has 1 fully saturated rings. The van der Waals surface area contributed by atoms with Gasteiger partial charge in [-0.2, -0.15) is 0 Å². The average molecular weight is 403 g/mol. The zero-order valence-corrected chi connectivity index (χ0v) is 17.1. The lowest BCUT2D eigenvalue weighted by molar-refractivity contribution is -0.133. The highest BCUT2D eigenvalue weighted by Gasteiger charge is 2.27. The minimum Gasteiger partial charge on any atom is -0.365 e. The number of aliphatic imine (C=N–C) groups is 1. The molecule has 7 heteroatoms. The summed E-state index contributed by atoms with van der Waals surface area (Å²) in [6.45, 7) is 10.2. The quantitative estimate of drug-likeness (QED) is 0.394. The van der Waals surface area contributed by atoms with E-state index in [0.29, 0.717) is 36.6 Å². The van der Waals surface area contributed by atoms with Gasteiger partial charge in [0.1, 0.15) is 11.6 Å². The number of rotatable bonds is 7. The minimum atomic E-state index is -0.625. The van der Waals surface area contributed by atoms with Gasteiger partial charge in [-0.25, -0.2) is 8.78 Å². The number of halogens is 2. The number of nitrogens with zero attached hydrogens (tertiary/aromatic N) is 3. The lowest BCUT2D eigenvalue weighted by atomic mass is 10.0. The first-order valence-electron chi connectivity index (χ1n) is 9.60. The highest BCUT2D eigenvalue weighted by molar-refractivity contribution is 5.99. The zero-order chi connectivity index (χ0) is 21.6. The van der Waals surface area contributed by atoms with E-state index in [4.69, 9.17) is 0 Å². The summed E-state index contributed by atoms with van der Waals surface area (Å²) in [5, 5.41) is 0. The first-order valence-corrected chi connectivity index (χ1v) is 9.60. The van der Waals surface area contributed by atoms with Crippen molar-refractivity contribution in [3.8, 4) is 0 Å². The van der Waals surface area contributed by atoms with Crippen LogP contribution in [-0.4, -0.2) is 49.0 Å². The van der Waals surface area contributed by atoms with Crippen molar-refractivity contribution in [3.63, 3.8) is 0 Å². The molecule has 1 amide bonds. The molecule has 0 radical (unpaired) electrons. The molecule has 1 heterocycles. The van der Waals surface area contributed by atoms with E-state index in [2.05, 4.69) is 11.7 Å². The van der Waals surface area contributed by atoms with Crippen LogP contribution in [0.1, 0.15) is 33.6 Å². The number of ketones is 1. The number of Topliss-reactive ketones (excluding diaryl/α,β-unsaturated/α-hetero) is 1. The number of carbonyl (C=O) groups is 2. The lowest BCUT2D eigenvalue weighted by Crippen LogP contribution is -2.53. The van der Waals surface area contributed by atoms with E-state index in [1.807, 2.05) is 11.8 Å². The number of allylic oxidation sites excluding steroid dienone is 4. The Kier molecular flexibility index (Phi) is 7.82. The van der Waals surface area contributed by atoms with Crippen molar-refractivity contribution in [2.45, 2.75) is 39.7 Å². The maximum absolute atomic E-state index is 13.5. The van der Waals surface area contributed by atoms with Crippen LogP contribution in [0.15, 0.2) is 46.6 Å². The van der Waals surface area contributed by atoms with Gasteiger partial charge >= 0.3 is 0 Å². The van der Waals surface area contributed by atoms with Gasteiger partial charge in [0.15, 0.2) is 5.78 Å². The summed E-state index contributed by atoms with van der Waals surface area (Å²) in [4.78, 5) is 32.3. The summed E-state index contributed by atoms with van der Waals surface area (Å²) in [5.74, 6) is -1.47. The molecule has 0 bridgehead atoms. The van der Waals surface area contributed by atoms with Crippen molar-refractivity contribution in [2.24, 2.45) is 4.99 Å². The molecule has 0 spiro atoms. The van der Waals surface area contributed by atoms with Crippen molar-refractivity contribution in [2.75, 3.05) is 24.5 Å². The van der Waals surface area contributed by atoms with Gasteiger partial charge in [-0.15, -0.1) is 0 Å². The standard InChI is InChI=1S/C22H27F2N3O2/c1-5-17(10-15(2)25-4)21(28)6-7-22(29)26-8-9-27(16(3)14-26)20-12-18(23)11-19(24)13-20/h5,10-13,16H,4,6-9,14H2,1-3H3/b15-10-,17-5+/t16-/m0/s1. The largest absolute Gasteiger partial charge is 0.365 e. The van der Waals surface area contributed by atoms with Crippen LogP contribution in [0.2, 0.25) is 0 Å². The predicted octanol–water partition coefficient (Wildman–Crippen LogP) is 3.90. The third kappa shape index (κ3) is 6.07. The smallest absolute Gasteiger partial charge is 0.223 e. The molecule has 1 aromatic rings. The second-order valence-electron chi connectivity index (χ2n) is 7.12. The highest BCUT2D eigenvalue weighted by atomic mass is 19.1. The summed E-state index contributed by atoms with van der Waals surface area (Å²) in [6, 6.07) is 3.33. The van der Waals surface area contributed by atoms with E-state index in [1.54, 1.807) is 30.9 Å². The SMILES string of the molecule is C=N/C(C)=C\C(=C/C)C(=O)CCC(=O)N1CCN(c2cc(F)cc(F)c2)[C@@H](C)C1. The van der Waals surface area contributed by atoms with Crippen LogP contribution in [0.3, 0.4) is 0 Å². The number of carbonyl (C=O) groups excluding carboxylic acids is 2. The average Bonchev–Trinajstić information content (AvgIpc) is 2.68. The molecule has 1 aliphatic heterocycles. The van der Waals surface area contributed by atoms with Crippen LogP contribution in [0.4, 0.5) is 14.5 Å². The molecule has 0 aromatic heterocycles. The number of hydrogen-bond donors (Lipinski definition) is 0. The molecule has 1 aliphatic rings. The van der Waals surface area contributed by atoms with Crippen molar-refractivity contribution in [1.82, 2.24) is 4.90 Å². The third-order valence-electron chi connectivity index (χ3n) is 4.97. The Hall–Kier alpha value is -2.83. The molecule has 5 nitrogen and oxygen atoms in total. The fourth-order valence-electron chi connectivity index (χ4n) is 3.39. The zero-order valence-electron chi connectivity index (χ0n) is 17.1. The van der Waals surface area contributed by atoms with Crippen LogP contribution >= 0.6 is 0 Å². The summed E-state index contributed by atoms with van der Waals surface area (Å²) < 4.78 is 27.0. The molecule has 0 saturated carbocycles. The molecular weight excluding hydrogens is 376 g/mol. The Labute approximate surface area is 170 Å². The second-order valence-corrected chi connectivity index (χ2v) is 7.12. The normalized spacial score (nSPS) is 18.0. The Morgan fingerprint density at radius 1 is 1.21 bits per heavy atom. The molecule has 156 valence electrons. The summed E-state index contributed by atoms with van der Waals surface area (Å²) >= 11 is 0. The Morgan fingerprint density at radius 2 is 1.86 bits per heavy atom. The maximum atomic E-state index is 13.5. The predicted molar refractivity (Wildman–Crippen MR) is 111 cm³/mol. The topological polar surface area (TPSA) is 53.0 Å². The highest BCUT2D eigenvalue weighted by Crippen LogP contribution is 2.23. The fourth-order valence-corrected chi connectivity index (χ4v) is 3.39. The molecule has 1 saturated heterocycles. The molecule has 1 aromatic carbocycles. The van der Waals surface area contributed by atoms with Gasteiger partial charge in [0.25, 0.3) is 0 Å². The number of piperazine rings is 1.